The molecule has 0 saturated carbocycles. The molecule has 0 radical (unpaired) electrons. The predicted octanol–water partition coefficient (Wildman–Crippen LogP) is 3.32. The SMILES string of the molecule is COc1ccc(SC(C)(CC=C(C)C)C(=O)ON)cc1. The van der Waals surface area contributed by atoms with Crippen molar-refractivity contribution in [3.05, 3.63) is 35.9 Å². The highest BCUT2D eigenvalue weighted by Crippen LogP contribution is 2.37. The van der Waals surface area contributed by atoms with E-state index in [-0.39, 0.29) is 0 Å². The van der Waals surface area contributed by atoms with E-state index in [0.29, 0.717) is 6.42 Å². The normalized spacial score (nSPS) is 13.2. The van der Waals surface area contributed by atoms with Gasteiger partial charge in [-0.25, -0.2) is 4.79 Å². The van der Waals surface area contributed by atoms with E-state index in [9.17, 15) is 4.79 Å². The van der Waals surface area contributed by atoms with Gasteiger partial charge in [0.05, 0.1) is 7.11 Å². The zero-order chi connectivity index (χ0) is 15.2. The summed E-state index contributed by atoms with van der Waals surface area (Å²) in [5.41, 5.74) is 1.15. The number of methoxy groups -OCH3 is 1. The van der Waals surface area contributed by atoms with Gasteiger partial charge in [0, 0.05) is 4.90 Å². The van der Waals surface area contributed by atoms with Crippen LogP contribution in [0.15, 0.2) is 40.8 Å². The lowest BCUT2D eigenvalue weighted by molar-refractivity contribution is -0.146. The quantitative estimate of drug-likeness (QED) is 0.495. The van der Waals surface area contributed by atoms with E-state index in [4.69, 9.17) is 10.6 Å². The molecule has 110 valence electrons. The maximum atomic E-state index is 12.0. The van der Waals surface area contributed by atoms with Crippen molar-refractivity contribution in [2.24, 2.45) is 5.90 Å². The number of allylic oxidation sites excluding steroid dienone is 2. The molecule has 0 aromatic heterocycles. The van der Waals surface area contributed by atoms with Gasteiger partial charge in [-0.3, -0.25) is 0 Å². The first-order valence-electron chi connectivity index (χ1n) is 6.29. The van der Waals surface area contributed by atoms with Crippen LogP contribution in [0.5, 0.6) is 5.75 Å². The van der Waals surface area contributed by atoms with Gasteiger partial charge in [0.15, 0.2) is 0 Å². The standard InChI is InChI=1S/C15H21NO3S/c1-11(2)9-10-15(3,14(17)19-16)20-13-7-5-12(18-4)6-8-13/h5-9H,10,16H2,1-4H3. The Morgan fingerprint density at radius 3 is 2.40 bits per heavy atom. The molecule has 0 aliphatic carbocycles. The Morgan fingerprint density at radius 2 is 1.95 bits per heavy atom. The number of ether oxygens (including phenoxy) is 1. The van der Waals surface area contributed by atoms with Gasteiger partial charge >= 0.3 is 5.97 Å². The predicted molar refractivity (Wildman–Crippen MR) is 81.6 cm³/mol. The van der Waals surface area contributed by atoms with Gasteiger partial charge in [0.1, 0.15) is 10.5 Å². The summed E-state index contributed by atoms with van der Waals surface area (Å²) in [5, 5.41) is 0. The van der Waals surface area contributed by atoms with Crippen LogP contribution in [0.4, 0.5) is 0 Å². The molecule has 1 unspecified atom stereocenters. The summed E-state index contributed by atoms with van der Waals surface area (Å²) in [6.07, 6.45) is 2.56. The Hall–Kier alpha value is -1.46. The highest BCUT2D eigenvalue weighted by molar-refractivity contribution is 8.01. The number of carbonyl (C=O) groups excluding carboxylic acids is 1. The number of carbonyl (C=O) groups is 1. The van der Waals surface area contributed by atoms with Gasteiger partial charge in [0.2, 0.25) is 0 Å². The van der Waals surface area contributed by atoms with Crippen LogP contribution in [0, 0.1) is 0 Å². The van der Waals surface area contributed by atoms with Crippen LogP contribution >= 0.6 is 11.8 Å². The molecule has 0 bridgehead atoms. The van der Waals surface area contributed by atoms with Crippen molar-refractivity contribution in [2.45, 2.75) is 36.8 Å². The lowest BCUT2D eigenvalue weighted by Gasteiger charge is -2.24. The minimum absolute atomic E-state index is 0.434. The maximum Gasteiger partial charge on any atom is 0.341 e. The Labute approximate surface area is 124 Å². The van der Waals surface area contributed by atoms with Crippen LogP contribution in [0.1, 0.15) is 27.2 Å². The Kier molecular flexibility index (Phi) is 6.10. The smallest absolute Gasteiger partial charge is 0.341 e. The van der Waals surface area contributed by atoms with Crippen LogP contribution in [0.25, 0.3) is 0 Å². The summed E-state index contributed by atoms with van der Waals surface area (Å²) in [4.78, 5) is 17.4. The first-order chi connectivity index (χ1) is 9.41. The minimum atomic E-state index is -0.749. The second-order valence-corrected chi connectivity index (χ2v) is 6.48. The second kappa shape index (κ2) is 7.36. The summed E-state index contributed by atoms with van der Waals surface area (Å²) >= 11 is 1.43. The van der Waals surface area contributed by atoms with Crippen molar-refractivity contribution < 1.29 is 14.4 Å². The zero-order valence-electron chi connectivity index (χ0n) is 12.3. The number of hydrogen-bond acceptors (Lipinski definition) is 5. The fourth-order valence-electron chi connectivity index (χ4n) is 1.59. The summed E-state index contributed by atoms with van der Waals surface area (Å²) in [6, 6.07) is 7.54. The van der Waals surface area contributed by atoms with Crippen molar-refractivity contribution in [3.8, 4) is 5.75 Å². The van der Waals surface area contributed by atoms with Crippen molar-refractivity contribution in [3.63, 3.8) is 0 Å². The zero-order valence-corrected chi connectivity index (χ0v) is 13.1. The average Bonchev–Trinajstić information content (AvgIpc) is 2.45. The third-order valence-corrected chi connectivity index (χ3v) is 4.13. The lowest BCUT2D eigenvalue weighted by atomic mass is 10.1. The Balaban J connectivity index is 2.93. The lowest BCUT2D eigenvalue weighted by Crippen LogP contribution is -2.35. The molecule has 0 spiro atoms. The fourth-order valence-corrected chi connectivity index (χ4v) is 2.68. The largest absolute Gasteiger partial charge is 0.497 e. The number of rotatable bonds is 6. The fraction of sp³-hybridized carbons (Fsp3) is 0.400. The molecule has 0 saturated heterocycles. The van der Waals surface area contributed by atoms with Crippen LogP contribution in [-0.4, -0.2) is 17.8 Å². The molecular weight excluding hydrogens is 274 g/mol. The van der Waals surface area contributed by atoms with Crippen molar-refractivity contribution in [1.29, 1.82) is 0 Å². The number of benzene rings is 1. The molecule has 0 fully saturated rings. The van der Waals surface area contributed by atoms with E-state index in [1.165, 1.54) is 11.8 Å². The highest BCUT2D eigenvalue weighted by atomic mass is 32.2. The van der Waals surface area contributed by atoms with E-state index in [1.807, 2.05) is 51.1 Å². The van der Waals surface area contributed by atoms with Gasteiger partial charge < -0.3 is 9.57 Å². The molecule has 1 aromatic carbocycles. The Bertz CT molecular complexity index is 480. The monoisotopic (exact) mass is 295 g/mol. The molecule has 1 rings (SSSR count). The number of hydrogen-bond donors (Lipinski definition) is 1. The third kappa shape index (κ3) is 4.58. The van der Waals surface area contributed by atoms with Gasteiger partial charge in [-0.05, 0) is 51.5 Å². The van der Waals surface area contributed by atoms with E-state index < -0.39 is 10.7 Å². The average molecular weight is 295 g/mol. The van der Waals surface area contributed by atoms with Gasteiger partial charge in [-0.2, -0.15) is 5.90 Å². The molecule has 0 aliphatic rings. The van der Waals surface area contributed by atoms with Crippen molar-refractivity contribution in [1.82, 2.24) is 0 Å². The van der Waals surface area contributed by atoms with E-state index >= 15 is 0 Å². The first kappa shape index (κ1) is 16.6. The van der Waals surface area contributed by atoms with Crippen LogP contribution in [0.2, 0.25) is 0 Å². The van der Waals surface area contributed by atoms with E-state index in [0.717, 1.165) is 16.2 Å². The van der Waals surface area contributed by atoms with Gasteiger partial charge in [-0.1, -0.05) is 11.6 Å². The third-order valence-electron chi connectivity index (χ3n) is 2.84. The van der Waals surface area contributed by atoms with E-state index in [1.54, 1.807) is 7.11 Å². The molecule has 0 aliphatic heterocycles. The highest BCUT2D eigenvalue weighted by Gasteiger charge is 2.35. The Morgan fingerprint density at radius 1 is 1.35 bits per heavy atom. The summed E-state index contributed by atoms with van der Waals surface area (Å²) < 4.78 is 4.37. The van der Waals surface area contributed by atoms with Gasteiger partial charge in [0.25, 0.3) is 0 Å². The minimum Gasteiger partial charge on any atom is -0.497 e. The number of nitrogens with two attached hydrogens (primary N) is 1. The number of thioether (sulfide) groups is 1. The molecule has 5 heteroatoms. The summed E-state index contributed by atoms with van der Waals surface area (Å²) in [5.74, 6) is 5.41. The van der Waals surface area contributed by atoms with Crippen molar-refractivity contribution >= 4 is 17.7 Å². The molecule has 1 atom stereocenters. The van der Waals surface area contributed by atoms with E-state index in [2.05, 4.69) is 4.84 Å². The molecule has 4 nitrogen and oxygen atoms in total. The topological polar surface area (TPSA) is 61.5 Å². The molecule has 1 aromatic rings. The molecular formula is C15H21NO3S. The first-order valence-corrected chi connectivity index (χ1v) is 7.10. The van der Waals surface area contributed by atoms with Crippen LogP contribution in [-0.2, 0) is 9.63 Å². The second-order valence-electron chi connectivity index (χ2n) is 4.90. The van der Waals surface area contributed by atoms with Gasteiger partial charge in [-0.15, -0.1) is 11.8 Å². The van der Waals surface area contributed by atoms with Crippen LogP contribution < -0.4 is 10.6 Å². The van der Waals surface area contributed by atoms with Crippen LogP contribution in [0.3, 0.4) is 0 Å². The maximum absolute atomic E-state index is 12.0. The van der Waals surface area contributed by atoms with Crippen molar-refractivity contribution in [2.75, 3.05) is 7.11 Å². The molecule has 2 N–H and O–H groups in total. The molecule has 20 heavy (non-hydrogen) atoms. The summed E-state index contributed by atoms with van der Waals surface area (Å²) in [7, 11) is 1.62. The molecule has 0 heterocycles. The molecule has 0 amide bonds. The summed E-state index contributed by atoms with van der Waals surface area (Å²) in [6.45, 7) is 5.81.